The summed E-state index contributed by atoms with van der Waals surface area (Å²) in [4.78, 5) is 22.7. The number of nitrogens with zero attached hydrogens (tertiary/aromatic N) is 3. The number of primary amides is 1. The predicted octanol–water partition coefficient (Wildman–Crippen LogP) is 1.08. The average molecular weight is 274 g/mol. The van der Waals surface area contributed by atoms with Gasteiger partial charge in [-0.3, -0.25) is 4.79 Å². The number of benzene rings is 1. The van der Waals surface area contributed by atoms with Gasteiger partial charge >= 0.3 is 5.97 Å². The molecule has 0 radical (unpaired) electrons. The summed E-state index contributed by atoms with van der Waals surface area (Å²) in [5.74, 6) is -1.78. The lowest BCUT2D eigenvalue weighted by Crippen LogP contribution is -2.27. The third-order valence-corrected chi connectivity index (χ3v) is 2.95. The van der Waals surface area contributed by atoms with E-state index in [4.69, 9.17) is 5.73 Å². The van der Waals surface area contributed by atoms with Gasteiger partial charge in [0, 0.05) is 5.56 Å². The maximum atomic E-state index is 11.5. The number of rotatable bonds is 5. The molecule has 1 unspecified atom stereocenters. The van der Waals surface area contributed by atoms with E-state index in [1.165, 1.54) is 4.68 Å². The van der Waals surface area contributed by atoms with Gasteiger partial charge in [0.05, 0.1) is 0 Å². The van der Waals surface area contributed by atoms with Gasteiger partial charge in [-0.15, -0.1) is 5.10 Å². The monoisotopic (exact) mass is 274 g/mol. The summed E-state index contributed by atoms with van der Waals surface area (Å²) >= 11 is 0. The van der Waals surface area contributed by atoms with Crippen molar-refractivity contribution in [2.24, 2.45) is 5.73 Å². The van der Waals surface area contributed by atoms with E-state index in [9.17, 15) is 14.7 Å². The standard InChI is InChI=1S/C13H14N4O3/c1-2-9(12(14)18)17-11(8-6-4-3-5-7-8)10(13(19)20)15-16-17/h3-7,9H,2H2,1H3,(H2,14,18)(H,19,20). The fourth-order valence-electron chi connectivity index (χ4n) is 2.02. The Labute approximate surface area is 115 Å². The predicted molar refractivity (Wildman–Crippen MR) is 70.9 cm³/mol. The van der Waals surface area contributed by atoms with Crippen molar-refractivity contribution in [2.45, 2.75) is 19.4 Å². The van der Waals surface area contributed by atoms with Gasteiger partial charge in [-0.2, -0.15) is 0 Å². The fourth-order valence-corrected chi connectivity index (χ4v) is 2.02. The number of carboxylic acid groups (broad SMARTS) is 1. The Morgan fingerprint density at radius 2 is 2.00 bits per heavy atom. The summed E-state index contributed by atoms with van der Waals surface area (Å²) in [6, 6.07) is 8.08. The quantitative estimate of drug-likeness (QED) is 0.847. The lowest BCUT2D eigenvalue weighted by molar-refractivity contribution is -0.121. The van der Waals surface area contributed by atoms with Crippen molar-refractivity contribution >= 4 is 11.9 Å². The highest BCUT2D eigenvalue weighted by atomic mass is 16.4. The molecule has 1 amide bonds. The molecule has 1 atom stereocenters. The summed E-state index contributed by atoms with van der Waals surface area (Å²) in [6.07, 6.45) is 0.400. The van der Waals surface area contributed by atoms with Crippen LogP contribution in [0, 0.1) is 0 Å². The number of nitrogens with two attached hydrogens (primary N) is 1. The van der Waals surface area contributed by atoms with Crippen LogP contribution >= 0.6 is 0 Å². The molecule has 7 heteroatoms. The van der Waals surface area contributed by atoms with Crippen molar-refractivity contribution < 1.29 is 14.7 Å². The molecule has 1 aromatic heterocycles. The largest absolute Gasteiger partial charge is 0.476 e. The zero-order valence-electron chi connectivity index (χ0n) is 10.9. The number of hydrogen-bond acceptors (Lipinski definition) is 4. The highest BCUT2D eigenvalue weighted by Gasteiger charge is 2.26. The second-order valence-corrected chi connectivity index (χ2v) is 4.23. The smallest absolute Gasteiger partial charge is 0.358 e. The lowest BCUT2D eigenvalue weighted by Gasteiger charge is -2.14. The Morgan fingerprint density at radius 1 is 1.35 bits per heavy atom. The van der Waals surface area contributed by atoms with Crippen molar-refractivity contribution in [2.75, 3.05) is 0 Å². The van der Waals surface area contributed by atoms with Gasteiger partial charge in [0.2, 0.25) is 5.91 Å². The van der Waals surface area contributed by atoms with Crippen molar-refractivity contribution in [3.05, 3.63) is 36.0 Å². The van der Waals surface area contributed by atoms with E-state index < -0.39 is 17.9 Å². The topological polar surface area (TPSA) is 111 Å². The Morgan fingerprint density at radius 3 is 2.50 bits per heavy atom. The van der Waals surface area contributed by atoms with Crippen LogP contribution in [0.15, 0.2) is 30.3 Å². The first-order valence-corrected chi connectivity index (χ1v) is 6.09. The Kier molecular flexibility index (Phi) is 3.79. The fraction of sp³-hybridized carbons (Fsp3) is 0.231. The molecule has 0 bridgehead atoms. The Balaban J connectivity index is 2.65. The van der Waals surface area contributed by atoms with Crippen molar-refractivity contribution in [3.63, 3.8) is 0 Å². The summed E-state index contributed by atoms with van der Waals surface area (Å²) in [5, 5.41) is 16.6. The van der Waals surface area contributed by atoms with E-state index in [0.29, 0.717) is 12.0 Å². The normalized spacial score (nSPS) is 12.1. The van der Waals surface area contributed by atoms with Crippen LogP contribution in [0.25, 0.3) is 11.3 Å². The van der Waals surface area contributed by atoms with Crippen molar-refractivity contribution in [3.8, 4) is 11.3 Å². The first-order valence-electron chi connectivity index (χ1n) is 6.09. The second kappa shape index (κ2) is 5.52. The molecule has 20 heavy (non-hydrogen) atoms. The van der Waals surface area contributed by atoms with Crippen LogP contribution in [0.1, 0.15) is 29.9 Å². The Bertz CT molecular complexity index is 636. The number of aromatic carboxylic acids is 1. The molecule has 0 saturated carbocycles. The van der Waals surface area contributed by atoms with Gasteiger partial charge in [0.1, 0.15) is 11.7 Å². The summed E-state index contributed by atoms with van der Waals surface area (Å²) < 4.78 is 1.28. The first kappa shape index (κ1) is 13.7. The summed E-state index contributed by atoms with van der Waals surface area (Å²) in [6.45, 7) is 1.77. The van der Waals surface area contributed by atoms with Crippen LogP contribution in [-0.2, 0) is 4.79 Å². The average Bonchev–Trinajstić information content (AvgIpc) is 2.85. The maximum absolute atomic E-state index is 11.5. The van der Waals surface area contributed by atoms with E-state index in [0.717, 1.165) is 0 Å². The number of aromatic nitrogens is 3. The molecule has 1 heterocycles. The van der Waals surface area contributed by atoms with E-state index in [1.807, 2.05) is 6.07 Å². The molecule has 0 aliphatic heterocycles. The van der Waals surface area contributed by atoms with Gasteiger partial charge in [0.25, 0.3) is 0 Å². The number of carboxylic acids is 1. The van der Waals surface area contributed by atoms with Crippen LogP contribution in [0.5, 0.6) is 0 Å². The van der Waals surface area contributed by atoms with Crippen LogP contribution < -0.4 is 5.73 Å². The molecule has 104 valence electrons. The van der Waals surface area contributed by atoms with Crippen LogP contribution in [0.3, 0.4) is 0 Å². The molecule has 3 N–H and O–H groups in total. The van der Waals surface area contributed by atoms with Crippen molar-refractivity contribution in [1.29, 1.82) is 0 Å². The van der Waals surface area contributed by atoms with Crippen LogP contribution in [-0.4, -0.2) is 32.0 Å². The van der Waals surface area contributed by atoms with Gasteiger partial charge in [-0.05, 0) is 6.42 Å². The minimum absolute atomic E-state index is 0.198. The van der Waals surface area contributed by atoms with Gasteiger partial charge < -0.3 is 10.8 Å². The second-order valence-electron chi connectivity index (χ2n) is 4.23. The van der Waals surface area contributed by atoms with Gasteiger partial charge in [0.15, 0.2) is 5.69 Å². The third-order valence-electron chi connectivity index (χ3n) is 2.95. The molecular formula is C13H14N4O3. The number of amides is 1. The van der Waals surface area contributed by atoms with E-state index in [2.05, 4.69) is 10.3 Å². The van der Waals surface area contributed by atoms with E-state index >= 15 is 0 Å². The molecule has 2 rings (SSSR count). The van der Waals surface area contributed by atoms with Crippen LogP contribution in [0.2, 0.25) is 0 Å². The van der Waals surface area contributed by atoms with E-state index in [1.54, 1.807) is 31.2 Å². The molecule has 7 nitrogen and oxygen atoms in total. The van der Waals surface area contributed by atoms with Gasteiger partial charge in [-0.25, -0.2) is 9.48 Å². The van der Waals surface area contributed by atoms with E-state index in [-0.39, 0.29) is 11.4 Å². The lowest BCUT2D eigenvalue weighted by atomic mass is 10.1. The molecule has 1 aromatic carbocycles. The highest BCUT2D eigenvalue weighted by molar-refractivity contribution is 5.93. The maximum Gasteiger partial charge on any atom is 0.358 e. The SMILES string of the molecule is CCC(C(N)=O)n1nnc(C(=O)O)c1-c1ccccc1. The number of hydrogen-bond donors (Lipinski definition) is 2. The molecule has 0 aliphatic carbocycles. The minimum atomic E-state index is -1.20. The minimum Gasteiger partial charge on any atom is -0.476 e. The first-order chi connectivity index (χ1) is 9.56. The highest BCUT2D eigenvalue weighted by Crippen LogP contribution is 2.26. The zero-order chi connectivity index (χ0) is 14.7. The zero-order valence-corrected chi connectivity index (χ0v) is 10.9. The molecular weight excluding hydrogens is 260 g/mol. The summed E-state index contributed by atoms with van der Waals surface area (Å²) in [7, 11) is 0. The van der Waals surface area contributed by atoms with Gasteiger partial charge in [-0.1, -0.05) is 42.5 Å². The molecule has 0 spiro atoms. The summed E-state index contributed by atoms with van der Waals surface area (Å²) in [5.41, 5.74) is 6.04. The number of carbonyl (C=O) groups is 2. The van der Waals surface area contributed by atoms with Crippen molar-refractivity contribution in [1.82, 2.24) is 15.0 Å². The third kappa shape index (κ3) is 2.37. The molecule has 0 fully saturated rings. The molecule has 2 aromatic rings. The molecule has 0 aliphatic rings. The van der Waals surface area contributed by atoms with Crippen LogP contribution in [0.4, 0.5) is 0 Å². The Hall–Kier alpha value is -2.70. The molecule has 0 saturated heterocycles. The number of carbonyl (C=O) groups excluding carboxylic acids is 1.